The highest BCUT2D eigenvalue weighted by molar-refractivity contribution is 5.84. The number of amides is 1. The van der Waals surface area contributed by atoms with Crippen LogP contribution in [0.15, 0.2) is 0 Å². The van der Waals surface area contributed by atoms with Crippen LogP contribution in [-0.2, 0) is 9.59 Å². The summed E-state index contributed by atoms with van der Waals surface area (Å²) < 4.78 is 0. The number of carbonyl (C=O) groups excluding carboxylic acids is 1. The maximum Gasteiger partial charge on any atom is 0.328 e. The summed E-state index contributed by atoms with van der Waals surface area (Å²) in [6.45, 7) is 3.17. The summed E-state index contributed by atoms with van der Waals surface area (Å²) in [4.78, 5) is 21.5. The number of aliphatic hydroxyl groups is 1. The van der Waals surface area contributed by atoms with Crippen LogP contribution in [0, 0.1) is 0 Å². The van der Waals surface area contributed by atoms with Crippen LogP contribution in [-0.4, -0.2) is 47.3 Å². The smallest absolute Gasteiger partial charge is 0.328 e. The summed E-state index contributed by atoms with van der Waals surface area (Å²) in [7, 11) is 0. The molecule has 14 heavy (non-hydrogen) atoms. The second-order valence-electron chi connectivity index (χ2n) is 3.18. The van der Waals surface area contributed by atoms with E-state index in [1.165, 1.54) is 0 Å². The lowest BCUT2D eigenvalue weighted by Gasteiger charge is -2.13. The highest BCUT2D eigenvalue weighted by Gasteiger charge is 2.18. The van der Waals surface area contributed by atoms with Crippen molar-refractivity contribution in [3.63, 3.8) is 0 Å². The van der Waals surface area contributed by atoms with Gasteiger partial charge in [0.2, 0.25) is 5.91 Å². The molecule has 0 saturated carbocycles. The van der Waals surface area contributed by atoms with E-state index in [1.54, 1.807) is 0 Å². The minimum Gasteiger partial charge on any atom is -0.480 e. The maximum absolute atomic E-state index is 11.1. The van der Waals surface area contributed by atoms with Crippen LogP contribution in [0.5, 0.6) is 0 Å². The number of aliphatic hydroxyl groups excluding tert-OH is 1. The number of carboxylic acid groups (broad SMARTS) is 1. The molecule has 4 N–H and O–H groups in total. The van der Waals surface area contributed by atoms with Gasteiger partial charge in [-0.3, -0.25) is 4.79 Å². The summed E-state index contributed by atoms with van der Waals surface area (Å²) in [5.74, 6) is -1.69. The number of nitrogens with one attached hydrogen (secondary N) is 2. The molecule has 0 radical (unpaired) electrons. The largest absolute Gasteiger partial charge is 0.480 e. The molecule has 1 atom stereocenters. The van der Waals surface area contributed by atoms with E-state index in [0.29, 0.717) is 0 Å². The van der Waals surface area contributed by atoms with E-state index < -0.39 is 24.5 Å². The van der Waals surface area contributed by atoms with E-state index in [1.807, 2.05) is 13.8 Å². The first-order chi connectivity index (χ1) is 6.47. The summed E-state index contributed by atoms with van der Waals surface area (Å²) in [5.41, 5.74) is 0. The quantitative estimate of drug-likeness (QED) is 0.424. The molecule has 1 amide bonds. The molecule has 82 valence electrons. The van der Waals surface area contributed by atoms with Crippen LogP contribution < -0.4 is 10.6 Å². The average Bonchev–Trinajstić information content (AvgIpc) is 2.10. The minimum absolute atomic E-state index is 0.0431. The third-order valence-corrected chi connectivity index (χ3v) is 1.49. The fraction of sp³-hybridized carbons (Fsp3) is 0.750. The van der Waals surface area contributed by atoms with Crippen molar-refractivity contribution in [2.75, 3.05) is 13.2 Å². The molecule has 6 nitrogen and oxygen atoms in total. The van der Waals surface area contributed by atoms with E-state index in [4.69, 9.17) is 10.2 Å². The summed E-state index contributed by atoms with van der Waals surface area (Å²) in [5, 5.41) is 22.1. The number of hydrogen-bond acceptors (Lipinski definition) is 4. The lowest BCUT2D eigenvalue weighted by Crippen LogP contribution is -2.47. The van der Waals surface area contributed by atoms with Crippen LogP contribution in [0.4, 0.5) is 0 Å². The predicted octanol–water partition coefficient (Wildman–Crippen LogP) is -1.45. The Morgan fingerprint density at radius 3 is 2.29 bits per heavy atom. The van der Waals surface area contributed by atoms with Gasteiger partial charge in [0, 0.05) is 6.04 Å². The molecule has 0 aromatic carbocycles. The molecule has 0 aromatic heterocycles. The zero-order valence-corrected chi connectivity index (χ0v) is 8.28. The first-order valence-electron chi connectivity index (χ1n) is 4.33. The molecular formula is C8H16N2O4. The maximum atomic E-state index is 11.1. The second kappa shape index (κ2) is 6.33. The molecule has 0 aliphatic carbocycles. The number of hydrogen-bond donors (Lipinski definition) is 4. The number of rotatable bonds is 6. The fourth-order valence-electron chi connectivity index (χ4n) is 0.728. The number of carboxylic acids is 1. The van der Waals surface area contributed by atoms with Crippen molar-refractivity contribution in [1.82, 2.24) is 10.6 Å². The van der Waals surface area contributed by atoms with Crippen molar-refractivity contribution in [3.05, 3.63) is 0 Å². The van der Waals surface area contributed by atoms with E-state index in [0.717, 1.165) is 0 Å². The van der Waals surface area contributed by atoms with Crippen molar-refractivity contribution in [2.24, 2.45) is 0 Å². The predicted molar refractivity (Wildman–Crippen MR) is 49.8 cm³/mol. The first kappa shape index (κ1) is 12.9. The highest BCUT2D eigenvalue weighted by Crippen LogP contribution is 1.82. The highest BCUT2D eigenvalue weighted by atomic mass is 16.4. The van der Waals surface area contributed by atoms with Gasteiger partial charge in [-0.2, -0.15) is 0 Å². The Labute approximate surface area is 82.3 Å². The molecule has 0 heterocycles. The summed E-state index contributed by atoms with van der Waals surface area (Å²) >= 11 is 0. The van der Waals surface area contributed by atoms with Gasteiger partial charge in [0.1, 0.15) is 6.04 Å². The average molecular weight is 204 g/mol. The van der Waals surface area contributed by atoms with Gasteiger partial charge in [0.25, 0.3) is 0 Å². The number of carbonyl (C=O) groups is 2. The van der Waals surface area contributed by atoms with Gasteiger partial charge in [0.15, 0.2) is 0 Å². The van der Waals surface area contributed by atoms with E-state index >= 15 is 0 Å². The Balaban J connectivity index is 3.85. The van der Waals surface area contributed by atoms with Gasteiger partial charge in [-0.1, -0.05) is 13.8 Å². The zero-order chi connectivity index (χ0) is 11.1. The Morgan fingerprint density at radius 1 is 1.36 bits per heavy atom. The zero-order valence-electron chi connectivity index (χ0n) is 8.28. The third-order valence-electron chi connectivity index (χ3n) is 1.49. The van der Waals surface area contributed by atoms with Crippen LogP contribution >= 0.6 is 0 Å². The van der Waals surface area contributed by atoms with E-state index in [-0.39, 0.29) is 12.6 Å². The van der Waals surface area contributed by atoms with E-state index in [9.17, 15) is 9.59 Å². The van der Waals surface area contributed by atoms with E-state index in [2.05, 4.69) is 10.6 Å². The van der Waals surface area contributed by atoms with Gasteiger partial charge in [-0.25, -0.2) is 4.79 Å². The Morgan fingerprint density at radius 2 is 1.93 bits per heavy atom. The Hall–Kier alpha value is -1.14. The van der Waals surface area contributed by atoms with Gasteiger partial charge < -0.3 is 20.8 Å². The fourth-order valence-corrected chi connectivity index (χ4v) is 0.728. The standard InChI is InChI=1S/C8H16N2O4/c1-5(2)9-3-7(12)10-6(4-11)8(13)14/h5-6,9,11H,3-4H2,1-2H3,(H,10,12)(H,13,14)/t6-/m1/s1. The molecule has 0 aliphatic heterocycles. The minimum atomic E-state index is -1.25. The SMILES string of the molecule is CC(C)NCC(=O)N[C@H](CO)C(=O)O. The molecular weight excluding hydrogens is 188 g/mol. The molecule has 0 rings (SSSR count). The lowest BCUT2D eigenvalue weighted by molar-refractivity contribution is -0.142. The topological polar surface area (TPSA) is 98.7 Å². The Bertz CT molecular complexity index is 206. The van der Waals surface area contributed by atoms with Crippen molar-refractivity contribution >= 4 is 11.9 Å². The van der Waals surface area contributed by atoms with Gasteiger partial charge in [-0.05, 0) is 0 Å². The van der Waals surface area contributed by atoms with Gasteiger partial charge in [-0.15, -0.1) is 0 Å². The molecule has 0 aromatic rings. The third kappa shape index (κ3) is 5.50. The van der Waals surface area contributed by atoms with Crippen LogP contribution in [0.1, 0.15) is 13.8 Å². The normalized spacial score (nSPS) is 12.6. The van der Waals surface area contributed by atoms with Crippen LogP contribution in [0.3, 0.4) is 0 Å². The van der Waals surface area contributed by atoms with Gasteiger partial charge >= 0.3 is 5.97 Å². The molecule has 0 aliphatic rings. The van der Waals surface area contributed by atoms with Crippen LogP contribution in [0.25, 0.3) is 0 Å². The first-order valence-corrected chi connectivity index (χ1v) is 4.33. The second-order valence-corrected chi connectivity index (χ2v) is 3.18. The molecule has 6 heteroatoms. The van der Waals surface area contributed by atoms with Crippen molar-refractivity contribution in [1.29, 1.82) is 0 Å². The van der Waals surface area contributed by atoms with Crippen molar-refractivity contribution in [3.8, 4) is 0 Å². The summed E-state index contributed by atoms with van der Waals surface area (Å²) in [6, 6.07) is -1.07. The molecule has 0 spiro atoms. The monoisotopic (exact) mass is 204 g/mol. The molecule has 0 bridgehead atoms. The van der Waals surface area contributed by atoms with Gasteiger partial charge in [0.05, 0.1) is 13.2 Å². The Kier molecular flexibility index (Phi) is 5.82. The lowest BCUT2D eigenvalue weighted by atomic mass is 10.3. The van der Waals surface area contributed by atoms with Crippen LogP contribution in [0.2, 0.25) is 0 Å². The molecule has 0 unspecified atom stereocenters. The van der Waals surface area contributed by atoms with Crippen molar-refractivity contribution < 1.29 is 19.8 Å². The summed E-state index contributed by atoms with van der Waals surface area (Å²) in [6.07, 6.45) is 0. The molecule has 0 fully saturated rings. The number of aliphatic carboxylic acids is 1. The van der Waals surface area contributed by atoms with Crippen molar-refractivity contribution in [2.45, 2.75) is 25.9 Å². The molecule has 0 saturated heterocycles.